The van der Waals surface area contributed by atoms with Crippen molar-refractivity contribution >= 4 is 11.9 Å². The maximum absolute atomic E-state index is 12.0. The van der Waals surface area contributed by atoms with Crippen LogP contribution in [0.3, 0.4) is 0 Å². The Bertz CT molecular complexity index is 331. The van der Waals surface area contributed by atoms with Crippen LogP contribution in [0.15, 0.2) is 0 Å². The highest BCUT2D eigenvalue weighted by Gasteiger charge is 2.56. The molecule has 2 aliphatic rings. The minimum absolute atomic E-state index is 0.141. The maximum atomic E-state index is 12.0. The Morgan fingerprint density at radius 3 is 2.62 bits per heavy atom. The number of piperidine rings is 1. The van der Waals surface area contributed by atoms with Crippen LogP contribution in [-0.2, 0) is 4.79 Å². The van der Waals surface area contributed by atoms with E-state index in [-0.39, 0.29) is 23.8 Å². The normalized spacial score (nSPS) is 39.9. The SMILES string of the molecule is CCC1CN(C)CC(C)C12NC(=O)NC2=O. The van der Waals surface area contributed by atoms with Gasteiger partial charge < -0.3 is 10.2 Å². The second kappa shape index (κ2) is 3.73. The molecule has 2 heterocycles. The predicted octanol–water partition coefficient (Wildman–Crippen LogP) is 0.172. The molecular formula is C11H19N3O2. The fourth-order valence-corrected chi connectivity index (χ4v) is 3.18. The zero-order chi connectivity index (χ0) is 11.9. The van der Waals surface area contributed by atoms with Crippen molar-refractivity contribution in [1.82, 2.24) is 15.5 Å². The first-order valence-corrected chi connectivity index (χ1v) is 5.82. The first-order chi connectivity index (χ1) is 7.50. The van der Waals surface area contributed by atoms with Gasteiger partial charge in [-0.2, -0.15) is 0 Å². The summed E-state index contributed by atoms with van der Waals surface area (Å²) in [6.45, 7) is 5.79. The van der Waals surface area contributed by atoms with E-state index in [1.165, 1.54) is 0 Å². The van der Waals surface area contributed by atoms with E-state index in [0.717, 1.165) is 19.5 Å². The lowest BCUT2D eigenvalue weighted by Gasteiger charge is -2.46. The van der Waals surface area contributed by atoms with E-state index in [9.17, 15) is 9.59 Å². The molecule has 2 saturated heterocycles. The molecule has 3 unspecified atom stereocenters. The van der Waals surface area contributed by atoms with Crippen LogP contribution < -0.4 is 10.6 Å². The van der Waals surface area contributed by atoms with Gasteiger partial charge >= 0.3 is 6.03 Å². The average molecular weight is 225 g/mol. The first kappa shape index (κ1) is 11.4. The van der Waals surface area contributed by atoms with Gasteiger partial charge in [0.1, 0.15) is 5.54 Å². The molecule has 2 aliphatic heterocycles. The van der Waals surface area contributed by atoms with Crippen LogP contribution in [-0.4, -0.2) is 42.5 Å². The lowest BCUT2D eigenvalue weighted by molar-refractivity contribution is -0.131. The van der Waals surface area contributed by atoms with Gasteiger partial charge in [-0.15, -0.1) is 0 Å². The van der Waals surface area contributed by atoms with E-state index < -0.39 is 5.54 Å². The highest BCUT2D eigenvalue weighted by atomic mass is 16.2. The van der Waals surface area contributed by atoms with Crippen molar-refractivity contribution in [2.75, 3.05) is 20.1 Å². The summed E-state index contributed by atoms with van der Waals surface area (Å²) in [4.78, 5) is 25.6. The van der Waals surface area contributed by atoms with Crippen molar-refractivity contribution in [2.24, 2.45) is 11.8 Å². The van der Waals surface area contributed by atoms with E-state index in [4.69, 9.17) is 0 Å². The second-order valence-electron chi connectivity index (χ2n) is 5.00. The molecule has 2 rings (SSSR count). The number of carbonyl (C=O) groups is 2. The summed E-state index contributed by atoms with van der Waals surface area (Å²) in [7, 11) is 2.06. The topological polar surface area (TPSA) is 61.4 Å². The predicted molar refractivity (Wildman–Crippen MR) is 59.8 cm³/mol. The number of urea groups is 1. The Balaban J connectivity index is 2.35. The number of likely N-dealkylation sites (tertiary alicyclic amines) is 1. The molecule has 2 N–H and O–H groups in total. The number of nitrogens with zero attached hydrogens (tertiary/aromatic N) is 1. The molecule has 0 radical (unpaired) electrons. The van der Waals surface area contributed by atoms with Gasteiger partial charge in [0.2, 0.25) is 0 Å². The number of rotatable bonds is 1. The Labute approximate surface area is 95.6 Å². The summed E-state index contributed by atoms with van der Waals surface area (Å²) in [6, 6.07) is -0.347. The van der Waals surface area contributed by atoms with Crippen LogP contribution in [0.25, 0.3) is 0 Å². The zero-order valence-electron chi connectivity index (χ0n) is 10.0. The summed E-state index contributed by atoms with van der Waals surface area (Å²) >= 11 is 0. The number of amides is 3. The molecule has 1 spiro atoms. The summed E-state index contributed by atoms with van der Waals surface area (Å²) in [5.41, 5.74) is -0.682. The van der Waals surface area contributed by atoms with E-state index >= 15 is 0 Å². The molecule has 0 aliphatic carbocycles. The number of nitrogens with one attached hydrogen (secondary N) is 2. The van der Waals surface area contributed by atoms with Gasteiger partial charge in [-0.3, -0.25) is 10.1 Å². The molecule has 0 aromatic heterocycles. The summed E-state index contributed by atoms with van der Waals surface area (Å²) in [5.74, 6) is 0.181. The molecule has 0 aromatic rings. The molecule has 3 amide bonds. The lowest BCUT2D eigenvalue weighted by atomic mass is 9.70. The molecular weight excluding hydrogens is 206 g/mol. The third-order valence-corrected chi connectivity index (χ3v) is 3.95. The van der Waals surface area contributed by atoms with Gasteiger partial charge in [-0.05, 0) is 13.5 Å². The minimum Gasteiger partial charge on any atom is -0.323 e. The van der Waals surface area contributed by atoms with Gasteiger partial charge in [0.25, 0.3) is 5.91 Å². The molecule has 3 atom stereocenters. The van der Waals surface area contributed by atoms with Crippen LogP contribution in [0.1, 0.15) is 20.3 Å². The van der Waals surface area contributed by atoms with Crippen LogP contribution in [0, 0.1) is 11.8 Å². The van der Waals surface area contributed by atoms with E-state index in [0.29, 0.717) is 0 Å². The Morgan fingerprint density at radius 1 is 1.44 bits per heavy atom. The largest absolute Gasteiger partial charge is 0.323 e. The number of carbonyl (C=O) groups excluding carboxylic acids is 2. The molecule has 90 valence electrons. The third-order valence-electron chi connectivity index (χ3n) is 3.95. The Kier molecular flexibility index (Phi) is 2.66. The Morgan fingerprint density at radius 2 is 2.12 bits per heavy atom. The lowest BCUT2D eigenvalue weighted by Crippen LogP contribution is -2.65. The fourth-order valence-electron chi connectivity index (χ4n) is 3.18. The van der Waals surface area contributed by atoms with Crippen molar-refractivity contribution in [3.05, 3.63) is 0 Å². The van der Waals surface area contributed by atoms with Crippen LogP contribution in [0.5, 0.6) is 0 Å². The maximum Gasteiger partial charge on any atom is 0.322 e. The molecule has 2 fully saturated rings. The van der Waals surface area contributed by atoms with Crippen molar-refractivity contribution in [2.45, 2.75) is 25.8 Å². The highest BCUT2D eigenvalue weighted by Crippen LogP contribution is 2.36. The van der Waals surface area contributed by atoms with Gasteiger partial charge in [-0.25, -0.2) is 4.79 Å². The number of hydrogen-bond donors (Lipinski definition) is 2. The molecule has 0 aromatic carbocycles. The van der Waals surface area contributed by atoms with Gasteiger partial charge in [-0.1, -0.05) is 13.8 Å². The van der Waals surface area contributed by atoms with E-state index in [1.54, 1.807) is 0 Å². The summed E-state index contributed by atoms with van der Waals surface area (Å²) in [6.07, 6.45) is 0.891. The first-order valence-electron chi connectivity index (χ1n) is 5.82. The second-order valence-corrected chi connectivity index (χ2v) is 5.00. The average Bonchev–Trinajstić information content (AvgIpc) is 2.49. The standard InChI is InChI=1S/C11H19N3O2/c1-4-8-6-14(3)5-7(2)11(8)9(15)12-10(16)13-11/h7-8H,4-6H2,1-3H3,(H2,12,13,15,16). The Hall–Kier alpha value is -1.10. The van der Waals surface area contributed by atoms with Gasteiger partial charge in [0, 0.05) is 24.9 Å². The van der Waals surface area contributed by atoms with Crippen LogP contribution in [0.2, 0.25) is 0 Å². The minimum atomic E-state index is -0.682. The molecule has 0 bridgehead atoms. The number of imide groups is 1. The highest BCUT2D eigenvalue weighted by molar-refractivity contribution is 6.07. The molecule has 16 heavy (non-hydrogen) atoms. The molecule has 0 saturated carbocycles. The molecule has 5 heteroatoms. The van der Waals surface area contributed by atoms with Crippen molar-refractivity contribution in [3.63, 3.8) is 0 Å². The third kappa shape index (κ3) is 1.42. The van der Waals surface area contributed by atoms with E-state index in [1.807, 2.05) is 6.92 Å². The van der Waals surface area contributed by atoms with Crippen LogP contribution >= 0.6 is 0 Å². The smallest absolute Gasteiger partial charge is 0.322 e. The van der Waals surface area contributed by atoms with Gasteiger partial charge in [0.05, 0.1) is 0 Å². The van der Waals surface area contributed by atoms with E-state index in [2.05, 4.69) is 29.5 Å². The quantitative estimate of drug-likeness (QED) is 0.625. The number of hydrogen-bond acceptors (Lipinski definition) is 3. The van der Waals surface area contributed by atoms with Crippen molar-refractivity contribution < 1.29 is 9.59 Å². The summed E-state index contributed by atoms with van der Waals surface area (Å²) < 4.78 is 0. The fraction of sp³-hybridized carbons (Fsp3) is 0.818. The zero-order valence-corrected chi connectivity index (χ0v) is 10.0. The molecule has 5 nitrogen and oxygen atoms in total. The van der Waals surface area contributed by atoms with Crippen LogP contribution in [0.4, 0.5) is 4.79 Å². The monoisotopic (exact) mass is 225 g/mol. The van der Waals surface area contributed by atoms with Crippen molar-refractivity contribution in [3.8, 4) is 0 Å². The summed E-state index contributed by atoms with van der Waals surface area (Å²) in [5, 5.41) is 5.24. The van der Waals surface area contributed by atoms with Crippen molar-refractivity contribution in [1.29, 1.82) is 0 Å². The van der Waals surface area contributed by atoms with Gasteiger partial charge in [0.15, 0.2) is 0 Å².